The van der Waals surface area contributed by atoms with E-state index in [1.807, 2.05) is 29.0 Å². The Labute approximate surface area is 104 Å². The molecule has 2 rings (SSSR count). The first-order valence-electron chi connectivity index (χ1n) is 5.25. The number of aliphatic hydroxyl groups is 1. The van der Waals surface area contributed by atoms with Crippen molar-refractivity contribution in [3.05, 3.63) is 46.2 Å². The lowest BCUT2D eigenvalue weighted by Gasteiger charge is -2.10. The monoisotopic (exact) mass is 250 g/mol. The van der Waals surface area contributed by atoms with E-state index in [1.54, 1.807) is 24.5 Å². The van der Waals surface area contributed by atoms with Gasteiger partial charge in [-0.15, -0.1) is 0 Å². The van der Waals surface area contributed by atoms with Crippen molar-refractivity contribution in [2.24, 2.45) is 0 Å². The van der Waals surface area contributed by atoms with Gasteiger partial charge in [-0.05, 0) is 40.6 Å². The van der Waals surface area contributed by atoms with Gasteiger partial charge in [-0.2, -0.15) is 11.3 Å². The highest BCUT2D eigenvalue weighted by Gasteiger charge is 2.05. The normalized spacial score (nSPS) is 10.2. The first-order valence-corrected chi connectivity index (χ1v) is 6.19. The summed E-state index contributed by atoms with van der Waals surface area (Å²) in [6.45, 7) is 0.457. The van der Waals surface area contributed by atoms with Crippen LogP contribution in [0.3, 0.4) is 0 Å². The third-order valence-corrected chi connectivity index (χ3v) is 3.14. The van der Waals surface area contributed by atoms with Gasteiger partial charge in [0.15, 0.2) is 0 Å². The summed E-state index contributed by atoms with van der Waals surface area (Å²) in [7, 11) is 1.60. The summed E-state index contributed by atoms with van der Waals surface area (Å²) in [6, 6.07) is 7.44. The standard InChI is InChI=1S/C13H14O3S/c1-15-12-2-3-13(11(6-12)7-14)16-8-10-4-5-17-9-10/h2-6,9,14H,7-8H2,1H3. The van der Waals surface area contributed by atoms with Crippen LogP contribution in [0.15, 0.2) is 35.0 Å². The molecule has 1 heterocycles. The lowest BCUT2D eigenvalue weighted by molar-refractivity contribution is 0.258. The van der Waals surface area contributed by atoms with E-state index < -0.39 is 0 Å². The molecule has 1 aromatic heterocycles. The molecule has 0 saturated carbocycles. The van der Waals surface area contributed by atoms with Crippen LogP contribution >= 0.6 is 11.3 Å². The van der Waals surface area contributed by atoms with Gasteiger partial charge in [0.1, 0.15) is 18.1 Å². The Morgan fingerprint density at radius 1 is 1.29 bits per heavy atom. The van der Waals surface area contributed by atoms with Gasteiger partial charge < -0.3 is 14.6 Å². The van der Waals surface area contributed by atoms with E-state index in [2.05, 4.69) is 0 Å². The summed E-state index contributed by atoms with van der Waals surface area (Å²) in [6.07, 6.45) is 0. The van der Waals surface area contributed by atoms with Crippen molar-refractivity contribution in [1.82, 2.24) is 0 Å². The summed E-state index contributed by atoms with van der Waals surface area (Å²) in [5, 5.41) is 13.3. The topological polar surface area (TPSA) is 38.7 Å². The van der Waals surface area contributed by atoms with Crippen LogP contribution in [0.2, 0.25) is 0 Å². The maximum absolute atomic E-state index is 9.26. The van der Waals surface area contributed by atoms with E-state index in [0.717, 1.165) is 16.9 Å². The van der Waals surface area contributed by atoms with Crippen molar-refractivity contribution in [1.29, 1.82) is 0 Å². The van der Waals surface area contributed by atoms with E-state index in [0.29, 0.717) is 12.4 Å². The van der Waals surface area contributed by atoms with E-state index in [4.69, 9.17) is 9.47 Å². The number of ether oxygens (including phenoxy) is 2. The molecule has 0 spiro atoms. The van der Waals surface area contributed by atoms with E-state index in [1.165, 1.54) is 0 Å². The second kappa shape index (κ2) is 5.70. The van der Waals surface area contributed by atoms with Crippen LogP contribution in [0, 0.1) is 0 Å². The first kappa shape index (κ1) is 12.0. The largest absolute Gasteiger partial charge is 0.497 e. The Morgan fingerprint density at radius 3 is 2.82 bits per heavy atom. The molecule has 0 saturated heterocycles. The van der Waals surface area contributed by atoms with E-state index in [9.17, 15) is 5.11 Å². The van der Waals surface area contributed by atoms with Gasteiger partial charge in [0.2, 0.25) is 0 Å². The zero-order valence-corrected chi connectivity index (χ0v) is 10.4. The number of rotatable bonds is 5. The molecule has 0 aliphatic rings. The molecule has 0 atom stereocenters. The molecular weight excluding hydrogens is 236 g/mol. The van der Waals surface area contributed by atoms with Gasteiger partial charge in [-0.25, -0.2) is 0 Å². The van der Waals surface area contributed by atoms with Crippen molar-refractivity contribution in [2.75, 3.05) is 7.11 Å². The summed E-state index contributed by atoms with van der Waals surface area (Å²) in [4.78, 5) is 0. The highest BCUT2D eigenvalue weighted by Crippen LogP contribution is 2.25. The second-order valence-corrected chi connectivity index (χ2v) is 4.33. The summed E-state index contributed by atoms with van der Waals surface area (Å²) < 4.78 is 10.8. The van der Waals surface area contributed by atoms with Crippen LogP contribution in [0.4, 0.5) is 0 Å². The van der Waals surface area contributed by atoms with Crippen molar-refractivity contribution in [3.63, 3.8) is 0 Å². The van der Waals surface area contributed by atoms with Crippen LogP contribution in [0.1, 0.15) is 11.1 Å². The molecule has 0 radical (unpaired) electrons. The van der Waals surface area contributed by atoms with Crippen LogP contribution in [0.25, 0.3) is 0 Å². The fraction of sp³-hybridized carbons (Fsp3) is 0.231. The van der Waals surface area contributed by atoms with Crippen molar-refractivity contribution >= 4 is 11.3 Å². The Balaban J connectivity index is 2.09. The molecule has 0 aliphatic heterocycles. The van der Waals surface area contributed by atoms with Gasteiger partial charge in [0.05, 0.1) is 13.7 Å². The highest BCUT2D eigenvalue weighted by atomic mass is 32.1. The van der Waals surface area contributed by atoms with Crippen molar-refractivity contribution in [2.45, 2.75) is 13.2 Å². The average molecular weight is 250 g/mol. The molecular formula is C13H14O3S. The summed E-state index contributed by atoms with van der Waals surface area (Å²) in [5.41, 5.74) is 1.87. The zero-order valence-electron chi connectivity index (χ0n) is 9.55. The van der Waals surface area contributed by atoms with Crippen LogP contribution in [-0.2, 0) is 13.2 Å². The molecule has 1 aromatic carbocycles. The quantitative estimate of drug-likeness (QED) is 0.886. The third-order valence-electron chi connectivity index (χ3n) is 2.41. The summed E-state index contributed by atoms with van der Waals surface area (Å²) in [5.74, 6) is 1.41. The predicted octanol–water partition coefficient (Wildman–Crippen LogP) is 2.83. The Bertz CT molecular complexity index is 466. The number of thiophene rings is 1. The highest BCUT2D eigenvalue weighted by molar-refractivity contribution is 7.07. The third kappa shape index (κ3) is 2.99. The molecule has 3 nitrogen and oxygen atoms in total. The molecule has 0 amide bonds. The maximum Gasteiger partial charge on any atom is 0.125 e. The van der Waals surface area contributed by atoms with Gasteiger partial charge in [-0.3, -0.25) is 0 Å². The minimum Gasteiger partial charge on any atom is -0.497 e. The number of methoxy groups -OCH3 is 1. The van der Waals surface area contributed by atoms with Gasteiger partial charge >= 0.3 is 0 Å². The van der Waals surface area contributed by atoms with E-state index in [-0.39, 0.29) is 6.61 Å². The van der Waals surface area contributed by atoms with Crippen molar-refractivity contribution in [3.8, 4) is 11.5 Å². The first-order chi connectivity index (χ1) is 8.33. The molecule has 90 valence electrons. The SMILES string of the molecule is COc1ccc(OCc2ccsc2)c(CO)c1. The van der Waals surface area contributed by atoms with Crippen molar-refractivity contribution < 1.29 is 14.6 Å². The lowest BCUT2D eigenvalue weighted by atomic mass is 10.2. The zero-order chi connectivity index (χ0) is 12.1. The molecule has 2 aromatic rings. The average Bonchev–Trinajstić information content (AvgIpc) is 2.89. The molecule has 0 fully saturated rings. The second-order valence-electron chi connectivity index (χ2n) is 3.55. The molecule has 0 unspecified atom stereocenters. The van der Waals surface area contributed by atoms with Crippen LogP contribution in [-0.4, -0.2) is 12.2 Å². The molecule has 4 heteroatoms. The molecule has 0 aliphatic carbocycles. The fourth-order valence-corrected chi connectivity index (χ4v) is 2.14. The predicted molar refractivity (Wildman–Crippen MR) is 67.6 cm³/mol. The van der Waals surface area contributed by atoms with Gasteiger partial charge in [0, 0.05) is 5.56 Å². The van der Waals surface area contributed by atoms with Crippen LogP contribution in [0.5, 0.6) is 11.5 Å². The lowest BCUT2D eigenvalue weighted by Crippen LogP contribution is -1.98. The number of hydrogen-bond acceptors (Lipinski definition) is 4. The minimum atomic E-state index is -0.0594. The smallest absolute Gasteiger partial charge is 0.125 e. The number of aliphatic hydroxyl groups excluding tert-OH is 1. The molecule has 1 N–H and O–H groups in total. The Morgan fingerprint density at radius 2 is 2.18 bits per heavy atom. The molecule has 17 heavy (non-hydrogen) atoms. The Hall–Kier alpha value is -1.52. The van der Waals surface area contributed by atoms with E-state index >= 15 is 0 Å². The van der Waals surface area contributed by atoms with Gasteiger partial charge in [0.25, 0.3) is 0 Å². The molecule has 0 bridgehead atoms. The summed E-state index contributed by atoms with van der Waals surface area (Å²) >= 11 is 1.64. The fourth-order valence-electron chi connectivity index (χ4n) is 1.48. The maximum atomic E-state index is 9.26. The number of hydrogen-bond donors (Lipinski definition) is 1. The van der Waals surface area contributed by atoms with Crippen LogP contribution < -0.4 is 9.47 Å². The van der Waals surface area contributed by atoms with Gasteiger partial charge in [-0.1, -0.05) is 0 Å². The minimum absolute atomic E-state index is 0.0594. The Kier molecular flexibility index (Phi) is 4.01. The number of benzene rings is 1.